The smallest absolute Gasteiger partial charge is 0.340 e. The van der Waals surface area contributed by atoms with Crippen molar-refractivity contribution in [2.45, 2.75) is 19.4 Å². The Kier molecular flexibility index (Phi) is 6.90. The lowest BCUT2D eigenvalue weighted by atomic mass is 10.1. The van der Waals surface area contributed by atoms with Crippen LogP contribution < -0.4 is 10.7 Å². The number of carbonyl (C=O) groups is 1. The monoisotopic (exact) mass is 519 g/mol. The fourth-order valence-electron chi connectivity index (χ4n) is 5.61. The molecule has 2 N–H and O–H groups in total. The first-order chi connectivity index (χ1) is 19.2. The number of H-pyrrole nitrogens is 1. The van der Waals surface area contributed by atoms with Gasteiger partial charge < -0.3 is 24.2 Å². The average molecular weight is 520 g/mol. The molecule has 0 atom stereocenters. The van der Waals surface area contributed by atoms with E-state index < -0.39 is 0 Å². The van der Waals surface area contributed by atoms with Crippen LogP contribution >= 0.6 is 0 Å². The normalized spacial score (nSPS) is 12.3. The Bertz CT molecular complexity index is 1870. The molecular weight excluding hydrogens is 486 g/mol. The van der Waals surface area contributed by atoms with E-state index in [2.05, 4.69) is 81.1 Å². The second-order valence-corrected chi connectivity index (χ2v) is 9.90. The summed E-state index contributed by atoms with van der Waals surface area (Å²) in [5, 5.41) is 9.10. The number of aromatic nitrogens is 3. The summed E-state index contributed by atoms with van der Waals surface area (Å²) < 4.78 is 9.35. The number of aryl methyl sites for hydroxylation is 2. The molecule has 0 aliphatic carbocycles. The Morgan fingerprint density at radius 1 is 0.897 bits per heavy atom. The number of methoxy groups -OCH3 is 1. The maximum absolute atomic E-state index is 12.2. The van der Waals surface area contributed by atoms with Crippen molar-refractivity contribution in [2.75, 3.05) is 26.7 Å². The number of nitrogens with one attached hydrogen (secondary N) is 2. The van der Waals surface area contributed by atoms with E-state index in [-0.39, 0.29) is 5.97 Å². The summed E-state index contributed by atoms with van der Waals surface area (Å²) in [6.45, 7) is 3.30. The molecule has 0 spiro atoms. The zero-order chi connectivity index (χ0) is 26.8. The van der Waals surface area contributed by atoms with E-state index in [0.717, 1.165) is 65.4 Å². The zero-order valence-corrected chi connectivity index (χ0v) is 22.4. The number of rotatable bonds is 9. The number of aromatic amines is 1. The van der Waals surface area contributed by atoms with Crippen molar-refractivity contribution in [3.63, 3.8) is 0 Å². The van der Waals surface area contributed by atoms with Crippen molar-refractivity contribution in [3.8, 4) is 0 Å². The molecule has 3 aromatic carbocycles. The van der Waals surface area contributed by atoms with Crippen LogP contribution in [-0.2, 0) is 18.3 Å². The van der Waals surface area contributed by atoms with Crippen LogP contribution in [0.2, 0.25) is 0 Å². The lowest BCUT2D eigenvalue weighted by molar-refractivity contribution is 0.0602. The van der Waals surface area contributed by atoms with Gasteiger partial charge in [0, 0.05) is 53.5 Å². The summed E-state index contributed by atoms with van der Waals surface area (Å²) in [6, 6.07) is 24.9. The summed E-state index contributed by atoms with van der Waals surface area (Å²) >= 11 is 0. The lowest BCUT2D eigenvalue weighted by Gasteiger charge is -2.09. The van der Waals surface area contributed by atoms with Crippen molar-refractivity contribution >= 4 is 49.7 Å². The molecule has 0 saturated carbocycles. The van der Waals surface area contributed by atoms with Gasteiger partial charge in [0.1, 0.15) is 5.65 Å². The number of nitrogens with zero attached hydrogens (tertiary/aromatic N) is 3. The third-order valence-corrected chi connectivity index (χ3v) is 7.53. The van der Waals surface area contributed by atoms with Gasteiger partial charge in [-0.1, -0.05) is 54.6 Å². The summed E-state index contributed by atoms with van der Waals surface area (Å²) in [4.78, 5) is 20.9. The van der Waals surface area contributed by atoms with Gasteiger partial charge in [0.05, 0.1) is 35.5 Å². The van der Waals surface area contributed by atoms with E-state index in [1.807, 2.05) is 24.4 Å². The van der Waals surface area contributed by atoms with E-state index in [9.17, 15) is 4.79 Å². The van der Waals surface area contributed by atoms with Crippen molar-refractivity contribution in [2.24, 2.45) is 12.0 Å². The largest absolute Gasteiger partial charge is 0.465 e. The summed E-state index contributed by atoms with van der Waals surface area (Å²) in [5.41, 5.74) is 5.07. The quantitative estimate of drug-likeness (QED) is 0.195. The zero-order valence-electron chi connectivity index (χ0n) is 22.4. The second kappa shape index (κ2) is 10.8. The molecule has 0 unspecified atom stereocenters. The summed E-state index contributed by atoms with van der Waals surface area (Å²) in [5.74, 6) is -0.291. The highest BCUT2D eigenvalue weighted by atomic mass is 16.5. The summed E-state index contributed by atoms with van der Waals surface area (Å²) in [7, 11) is 3.54. The van der Waals surface area contributed by atoms with Gasteiger partial charge in [0.15, 0.2) is 0 Å². The molecule has 7 heteroatoms. The van der Waals surface area contributed by atoms with Crippen molar-refractivity contribution in [1.29, 1.82) is 0 Å². The maximum Gasteiger partial charge on any atom is 0.340 e. The van der Waals surface area contributed by atoms with Crippen LogP contribution in [0.25, 0.3) is 43.7 Å². The molecule has 6 rings (SSSR count). The molecule has 6 aromatic rings. The molecule has 0 amide bonds. The molecule has 3 heterocycles. The number of fused-ring (bicyclic) bond motifs is 5. The van der Waals surface area contributed by atoms with Gasteiger partial charge in [-0.15, -0.1) is 0 Å². The molecule has 0 bridgehead atoms. The van der Waals surface area contributed by atoms with Crippen molar-refractivity contribution in [3.05, 3.63) is 89.9 Å². The molecule has 39 heavy (non-hydrogen) atoms. The van der Waals surface area contributed by atoms with E-state index in [4.69, 9.17) is 9.73 Å². The first-order valence-electron chi connectivity index (χ1n) is 13.5. The van der Waals surface area contributed by atoms with Crippen LogP contribution in [-0.4, -0.2) is 46.8 Å². The highest BCUT2D eigenvalue weighted by molar-refractivity contribution is 6.09. The number of pyridine rings is 1. The van der Waals surface area contributed by atoms with Gasteiger partial charge in [0.25, 0.3) is 0 Å². The average Bonchev–Trinajstić information content (AvgIpc) is 3.55. The van der Waals surface area contributed by atoms with Crippen LogP contribution in [0.4, 0.5) is 0 Å². The maximum atomic E-state index is 12.2. The predicted octanol–water partition coefficient (Wildman–Crippen LogP) is 5.52. The van der Waals surface area contributed by atoms with E-state index in [0.29, 0.717) is 12.1 Å². The van der Waals surface area contributed by atoms with Crippen LogP contribution in [0.15, 0.2) is 84.0 Å². The number of hydrogen-bond acceptors (Lipinski definition) is 4. The number of hydrogen-bond donors (Lipinski definition) is 2. The van der Waals surface area contributed by atoms with E-state index >= 15 is 0 Å². The van der Waals surface area contributed by atoms with Gasteiger partial charge in [-0.2, -0.15) is 0 Å². The molecule has 3 aromatic heterocycles. The van der Waals surface area contributed by atoms with Crippen LogP contribution in [0.1, 0.15) is 23.2 Å². The first-order valence-corrected chi connectivity index (χ1v) is 13.5. The Morgan fingerprint density at radius 2 is 1.62 bits per heavy atom. The van der Waals surface area contributed by atoms with E-state index in [1.165, 1.54) is 23.3 Å². The standard InChI is InChI=1S/C32H33N5O2/c1-36-27-15-7-5-13-24(27)30(29-23-12-3-6-14-26(23)35-31(29)36)34-19-18-33-17-9-10-20-37-21-25(32(38)39-2)22-11-4-8-16-28(22)37/h3-8,11-16,21,33,35H,9-10,17-20H2,1-2H3. The van der Waals surface area contributed by atoms with Gasteiger partial charge in [-0.05, 0) is 37.6 Å². The third kappa shape index (κ3) is 4.59. The Morgan fingerprint density at radius 3 is 2.44 bits per heavy atom. The fraction of sp³-hybridized carbons (Fsp3) is 0.250. The van der Waals surface area contributed by atoms with Crippen LogP contribution in [0.3, 0.4) is 0 Å². The number of esters is 1. The molecule has 198 valence electrons. The van der Waals surface area contributed by atoms with Gasteiger partial charge in [0.2, 0.25) is 0 Å². The highest BCUT2D eigenvalue weighted by Gasteiger charge is 2.15. The fourth-order valence-corrected chi connectivity index (χ4v) is 5.61. The SMILES string of the molecule is COC(=O)c1cn(CCCCNCCN=c2c3ccccc3n(C)c3[nH]c4ccccc4c23)c2ccccc12. The molecule has 0 fully saturated rings. The number of ether oxygens (including phenoxy) is 1. The Balaban J connectivity index is 1.12. The van der Waals surface area contributed by atoms with Crippen LogP contribution in [0, 0.1) is 0 Å². The Labute approximate surface area is 226 Å². The molecular formula is C32H33N5O2. The number of unbranched alkanes of at least 4 members (excludes halogenated alkanes) is 1. The van der Waals surface area contributed by atoms with Crippen LogP contribution in [0.5, 0.6) is 0 Å². The molecule has 0 radical (unpaired) electrons. The number of benzene rings is 3. The van der Waals surface area contributed by atoms with Gasteiger partial charge in [-0.25, -0.2) is 4.79 Å². The second-order valence-electron chi connectivity index (χ2n) is 9.90. The first kappa shape index (κ1) is 24.9. The third-order valence-electron chi connectivity index (χ3n) is 7.53. The molecule has 0 aliphatic heterocycles. The Hall–Kier alpha value is -4.36. The van der Waals surface area contributed by atoms with Gasteiger partial charge >= 0.3 is 5.97 Å². The van der Waals surface area contributed by atoms with Crippen molar-refractivity contribution < 1.29 is 9.53 Å². The topological polar surface area (TPSA) is 76.3 Å². The summed E-state index contributed by atoms with van der Waals surface area (Å²) in [6.07, 6.45) is 3.97. The van der Waals surface area contributed by atoms with Crippen molar-refractivity contribution in [1.82, 2.24) is 19.4 Å². The predicted molar refractivity (Wildman–Crippen MR) is 158 cm³/mol. The number of carbonyl (C=O) groups excluding carboxylic acids is 1. The molecule has 0 aliphatic rings. The highest BCUT2D eigenvalue weighted by Crippen LogP contribution is 2.26. The minimum absolute atomic E-state index is 0.291. The van der Waals surface area contributed by atoms with E-state index in [1.54, 1.807) is 0 Å². The minimum atomic E-state index is -0.291. The minimum Gasteiger partial charge on any atom is -0.465 e. The van der Waals surface area contributed by atoms with Gasteiger partial charge in [-0.3, -0.25) is 4.99 Å². The molecule has 0 saturated heterocycles. The lowest BCUT2D eigenvalue weighted by Crippen LogP contribution is -2.21. The number of para-hydroxylation sites is 3. The molecule has 7 nitrogen and oxygen atoms in total.